The van der Waals surface area contributed by atoms with Crippen molar-refractivity contribution in [1.29, 1.82) is 0 Å². The molecule has 0 spiro atoms. The Labute approximate surface area is 324 Å². The van der Waals surface area contributed by atoms with E-state index in [1.807, 2.05) is 30.3 Å². The van der Waals surface area contributed by atoms with Crippen LogP contribution in [-0.2, 0) is 15.1 Å². The van der Waals surface area contributed by atoms with Crippen LogP contribution in [0.4, 0.5) is 5.69 Å². The topological polar surface area (TPSA) is 130 Å². The van der Waals surface area contributed by atoms with Crippen LogP contribution >= 0.6 is 0 Å². The number of benzene rings is 3. The van der Waals surface area contributed by atoms with Gasteiger partial charge in [-0.15, -0.1) is 0 Å². The van der Waals surface area contributed by atoms with Gasteiger partial charge in [0.15, 0.2) is 6.61 Å². The van der Waals surface area contributed by atoms with Crippen LogP contribution in [0, 0.1) is 11.8 Å². The fourth-order valence-corrected chi connectivity index (χ4v) is 9.23. The van der Waals surface area contributed by atoms with Crippen LogP contribution in [0.1, 0.15) is 87.1 Å². The van der Waals surface area contributed by atoms with Gasteiger partial charge in [0.25, 0.3) is 5.91 Å². The maximum atomic E-state index is 12.1. The molecule has 4 fully saturated rings. The molecule has 5 N–H and O–H groups in total. The van der Waals surface area contributed by atoms with E-state index < -0.39 is 11.7 Å². The Bertz CT molecular complexity index is 1650. The van der Waals surface area contributed by atoms with Gasteiger partial charge in [-0.25, -0.2) is 0 Å². The van der Waals surface area contributed by atoms with Gasteiger partial charge in [0.05, 0.1) is 44.6 Å². The number of ether oxygens (including phenoxy) is 3. The minimum atomic E-state index is -0.944. The number of anilines is 1. The van der Waals surface area contributed by atoms with Crippen LogP contribution in [0.5, 0.6) is 17.2 Å². The number of phenolic OH excluding ortho intramolecular Hbond substituents is 1. The van der Waals surface area contributed by atoms with Crippen molar-refractivity contribution < 1.29 is 55.8 Å². The zero-order valence-electron chi connectivity index (χ0n) is 30.9. The zero-order chi connectivity index (χ0) is 36.1. The number of carbonyl (C=O) groups excluding carboxylic acids is 1. The van der Waals surface area contributed by atoms with E-state index in [1.165, 1.54) is 50.9 Å². The highest BCUT2D eigenvalue weighted by molar-refractivity contribution is 5.96. The number of nitrogens with zero attached hydrogens (tertiary/aromatic N) is 1. The Balaban J connectivity index is 0.00000481. The number of aliphatic hydroxyl groups excluding tert-OH is 1. The number of aliphatic hydroxyl groups is 2. The number of halogens is 1. The van der Waals surface area contributed by atoms with E-state index >= 15 is 0 Å². The second-order valence-electron chi connectivity index (χ2n) is 15.6. The van der Waals surface area contributed by atoms with Gasteiger partial charge < -0.3 is 61.6 Å². The molecular formula is C42H56BrN3O7. The highest BCUT2D eigenvalue weighted by atomic mass is 79.9. The summed E-state index contributed by atoms with van der Waals surface area (Å²) in [6.45, 7) is 7.72. The molecule has 1 aliphatic carbocycles. The van der Waals surface area contributed by atoms with Gasteiger partial charge in [-0.05, 0) is 54.5 Å². The first-order valence-electron chi connectivity index (χ1n) is 19.4. The van der Waals surface area contributed by atoms with Gasteiger partial charge in [0, 0.05) is 49.4 Å². The van der Waals surface area contributed by atoms with Crippen LogP contribution in [-0.4, -0.2) is 84.4 Å². The average Bonchev–Trinajstić information content (AvgIpc) is 3.73. The number of quaternary nitrogens is 1. The third-order valence-electron chi connectivity index (χ3n) is 12.2. The van der Waals surface area contributed by atoms with Crippen molar-refractivity contribution in [3.63, 3.8) is 0 Å². The summed E-state index contributed by atoms with van der Waals surface area (Å²) < 4.78 is 19.6. The Hall–Kier alpha value is -3.19. The monoisotopic (exact) mass is 793 g/mol. The number of carbonyl (C=O) groups is 1. The molecule has 0 radical (unpaired) electrons. The highest BCUT2D eigenvalue weighted by Crippen LogP contribution is 2.43. The lowest BCUT2D eigenvalue weighted by atomic mass is 9.80. The molecule has 5 aliphatic rings. The van der Waals surface area contributed by atoms with E-state index in [0.29, 0.717) is 36.1 Å². The summed E-state index contributed by atoms with van der Waals surface area (Å²) in [5.74, 6) is 1.72. The van der Waals surface area contributed by atoms with Crippen LogP contribution in [0.25, 0.3) is 0 Å². The summed E-state index contributed by atoms with van der Waals surface area (Å²) in [5.41, 5.74) is 1.96. The van der Waals surface area contributed by atoms with E-state index in [2.05, 4.69) is 41.8 Å². The Morgan fingerprint density at radius 3 is 2.49 bits per heavy atom. The Morgan fingerprint density at radius 2 is 1.77 bits per heavy atom. The molecular weight excluding hydrogens is 738 g/mol. The zero-order valence-corrected chi connectivity index (χ0v) is 32.4. The van der Waals surface area contributed by atoms with Gasteiger partial charge in [-0.1, -0.05) is 62.2 Å². The molecule has 4 aliphatic heterocycles. The van der Waals surface area contributed by atoms with E-state index in [-0.39, 0.29) is 59.9 Å². The van der Waals surface area contributed by atoms with Gasteiger partial charge >= 0.3 is 0 Å². The molecule has 288 valence electrons. The van der Waals surface area contributed by atoms with Crippen LogP contribution in [0.15, 0.2) is 66.7 Å². The number of fused-ring (bicyclic) bond motifs is 4. The molecule has 10 nitrogen and oxygen atoms in total. The molecule has 8 rings (SSSR count). The molecule has 3 aromatic carbocycles. The first-order valence-corrected chi connectivity index (χ1v) is 19.4. The molecule has 2 bridgehead atoms. The summed E-state index contributed by atoms with van der Waals surface area (Å²) in [6, 6.07) is 21.3. The molecule has 1 saturated carbocycles. The number of hydrogen-bond donors (Lipinski definition) is 5. The number of amides is 1. The molecule has 4 atom stereocenters. The van der Waals surface area contributed by atoms with Crippen molar-refractivity contribution in [3.05, 3.63) is 83.4 Å². The maximum Gasteiger partial charge on any atom is 0.262 e. The van der Waals surface area contributed by atoms with Crippen LogP contribution < -0.4 is 37.1 Å². The van der Waals surface area contributed by atoms with Crippen molar-refractivity contribution in [2.75, 3.05) is 57.9 Å². The normalized spacial score (nSPS) is 24.6. The minimum absolute atomic E-state index is 0. The fourth-order valence-electron chi connectivity index (χ4n) is 9.23. The standard InChI is InChI=1S/C42H55N3O7.BrH/c1-2-36(43-25-38(47)35-23-33(46)24-37-41(35)51-27-40(48)44-37)29-13-15-34(16-14-29)50-22-8-19-45-20-17-30(18-21-45)39(26-45)52-28-42(49,32-11-6-7-12-32)31-9-4-3-5-10-31;/h3-5,9-10,13-16,23-24,30,32,36,38-39,43,47,49H,2,6-8,11-12,17-22,25-28H2,1H3,(H-,44,46,48);1H/t30?,36-,38+,39+,42-,45?;/m1./s1. The third-order valence-corrected chi connectivity index (χ3v) is 12.2. The number of phenols is 1. The predicted octanol–water partition coefficient (Wildman–Crippen LogP) is 2.97. The van der Waals surface area contributed by atoms with Gasteiger partial charge in [0.1, 0.15) is 35.5 Å². The van der Waals surface area contributed by atoms with Crippen molar-refractivity contribution in [2.45, 2.75) is 82.1 Å². The summed E-state index contributed by atoms with van der Waals surface area (Å²) in [6.07, 6.45) is 7.90. The second kappa shape index (κ2) is 17.5. The molecule has 1 amide bonds. The minimum Gasteiger partial charge on any atom is -1.00 e. The van der Waals surface area contributed by atoms with Gasteiger partial charge in [-0.3, -0.25) is 4.79 Å². The van der Waals surface area contributed by atoms with Gasteiger partial charge in [-0.2, -0.15) is 0 Å². The summed E-state index contributed by atoms with van der Waals surface area (Å²) in [7, 11) is 0. The first kappa shape index (κ1) is 39.5. The quantitative estimate of drug-likeness (QED) is 0.111. The maximum absolute atomic E-state index is 12.1. The van der Waals surface area contributed by atoms with E-state index in [9.17, 15) is 20.1 Å². The first-order chi connectivity index (χ1) is 25.2. The van der Waals surface area contributed by atoms with E-state index in [4.69, 9.17) is 14.2 Å². The number of nitrogens with one attached hydrogen (secondary N) is 2. The van der Waals surface area contributed by atoms with Gasteiger partial charge in [0.2, 0.25) is 0 Å². The summed E-state index contributed by atoms with van der Waals surface area (Å²) >= 11 is 0. The second-order valence-corrected chi connectivity index (χ2v) is 15.6. The molecule has 3 aromatic rings. The van der Waals surface area contributed by atoms with E-state index in [1.54, 1.807) is 0 Å². The fraction of sp³-hybridized carbons (Fsp3) is 0.548. The smallest absolute Gasteiger partial charge is 0.262 e. The molecule has 4 heterocycles. The highest BCUT2D eigenvalue weighted by Gasteiger charge is 2.48. The SMILES string of the molecule is CC[C@@H](NC[C@H](O)c1cc(O)cc2c1OCC(=O)N2)c1ccc(OCCC[N+]23CCC(CC2)[C@@H](OC[C@@](O)(c2ccccc2)C2CCCC2)C3)cc1.[Br-]. The summed E-state index contributed by atoms with van der Waals surface area (Å²) in [5, 5.41) is 39.3. The summed E-state index contributed by atoms with van der Waals surface area (Å²) in [4.78, 5) is 11.7. The number of rotatable bonds is 16. The lowest BCUT2D eigenvalue weighted by Gasteiger charge is -2.53. The van der Waals surface area contributed by atoms with Crippen molar-refractivity contribution in [1.82, 2.24) is 5.32 Å². The average molecular weight is 795 g/mol. The molecule has 3 saturated heterocycles. The van der Waals surface area contributed by atoms with Crippen molar-refractivity contribution in [2.24, 2.45) is 11.8 Å². The predicted molar refractivity (Wildman–Crippen MR) is 199 cm³/mol. The van der Waals surface area contributed by atoms with Crippen molar-refractivity contribution in [3.8, 4) is 17.2 Å². The van der Waals surface area contributed by atoms with Crippen molar-refractivity contribution >= 4 is 11.6 Å². The van der Waals surface area contributed by atoms with Crippen LogP contribution in [0.3, 0.4) is 0 Å². The molecule has 11 heteroatoms. The Kier molecular flexibility index (Phi) is 13.1. The molecule has 0 aromatic heterocycles. The van der Waals surface area contributed by atoms with Crippen LogP contribution in [0.2, 0.25) is 0 Å². The molecule has 0 unspecified atom stereocenters. The lowest BCUT2D eigenvalue weighted by Crippen LogP contribution is -3.00. The lowest BCUT2D eigenvalue weighted by molar-refractivity contribution is -0.946. The number of hydrogen-bond acceptors (Lipinski definition) is 8. The third kappa shape index (κ3) is 9.03. The van der Waals surface area contributed by atoms with E-state index in [0.717, 1.165) is 60.1 Å². The molecule has 53 heavy (non-hydrogen) atoms. The Morgan fingerprint density at radius 1 is 1.04 bits per heavy atom. The number of aromatic hydroxyl groups is 1. The number of piperidine rings is 3. The largest absolute Gasteiger partial charge is 1.00 e.